The van der Waals surface area contributed by atoms with Gasteiger partial charge in [0.25, 0.3) is 0 Å². The van der Waals surface area contributed by atoms with E-state index in [0.717, 1.165) is 0 Å². The molecular formula is C3H6ClNO2SZn. The van der Waals surface area contributed by atoms with Crippen LogP contribution in [0.3, 0.4) is 0 Å². The number of aliphatic carboxylic acids is 1. The van der Waals surface area contributed by atoms with Crippen molar-refractivity contribution in [1.82, 2.24) is 0 Å². The molecule has 0 unspecified atom stereocenters. The first-order valence-electron chi connectivity index (χ1n) is 1.73. The van der Waals surface area contributed by atoms with E-state index in [4.69, 9.17) is 5.73 Å². The molecule has 3 nitrogen and oxygen atoms in total. The van der Waals surface area contributed by atoms with Crippen LogP contribution in [0.5, 0.6) is 0 Å². The van der Waals surface area contributed by atoms with Gasteiger partial charge >= 0.3 is 19.5 Å². The second-order valence-corrected chi connectivity index (χ2v) is 1.43. The Bertz CT molecular complexity index is 84.2. The zero-order chi connectivity index (χ0) is 5.86. The van der Waals surface area contributed by atoms with E-state index in [1.54, 1.807) is 0 Å². The van der Waals surface area contributed by atoms with Crippen molar-refractivity contribution in [2.24, 2.45) is 5.73 Å². The fourth-order valence-corrected chi connectivity index (χ4v) is 0.204. The largest absolute Gasteiger partial charge is 2.00 e. The normalized spacial score (nSPS) is 10.4. The van der Waals surface area contributed by atoms with Crippen molar-refractivity contribution in [3.05, 3.63) is 0 Å². The smallest absolute Gasteiger partial charge is 0.791 e. The molecule has 2 N–H and O–H groups in total. The molecule has 0 bridgehead atoms. The van der Waals surface area contributed by atoms with Crippen molar-refractivity contribution in [3.8, 4) is 0 Å². The first kappa shape index (κ1) is 16.4. The van der Waals surface area contributed by atoms with E-state index >= 15 is 0 Å². The molecule has 50 valence electrons. The molecule has 0 heterocycles. The number of carboxylic acid groups (broad SMARTS) is 1. The molecule has 6 heteroatoms. The van der Waals surface area contributed by atoms with Gasteiger partial charge in [-0.3, -0.25) is 0 Å². The molecule has 0 saturated heterocycles. The predicted molar refractivity (Wildman–Crippen MR) is 32.5 cm³/mol. The topological polar surface area (TPSA) is 66.2 Å². The van der Waals surface area contributed by atoms with Crippen LogP contribution in [-0.4, -0.2) is 17.8 Å². The average molecular weight is 221 g/mol. The molecule has 0 aromatic carbocycles. The summed E-state index contributed by atoms with van der Waals surface area (Å²) in [5.41, 5.74) is 4.85. The third-order valence-corrected chi connectivity index (χ3v) is 0.841. The Labute approximate surface area is 78.0 Å². The molecule has 0 aliphatic heterocycles. The van der Waals surface area contributed by atoms with E-state index < -0.39 is 12.0 Å². The number of hydrogen-bond acceptors (Lipinski definition) is 4. The Kier molecular flexibility index (Phi) is 15.8. The van der Waals surface area contributed by atoms with E-state index in [0.29, 0.717) is 0 Å². The number of nitrogens with two attached hydrogens (primary N) is 1. The van der Waals surface area contributed by atoms with Gasteiger partial charge in [0.1, 0.15) is 0 Å². The summed E-state index contributed by atoms with van der Waals surface area (Å²) in [6.07, 6.45) is 0. The number of carboxylic acids is 1. The number of hydrogen-bond donors (Lipinski definition) is 1. The third kappa shape index (κ3) is 8.69. The molecule has 9 heavy (non-hydrogen) atoms. The summed E-state index contributed by atoms with van der Waals surface area (Å²) in [5.74, 6) is -1.27. The fraction of sp³-hybridized carbons (Fsp3) is 0.667. The van der Waals surface area contributed by atoms with Crippen LogP contribution in [0.15, 0.2) is 0 Å². The van der Waals surface area contributed by atoms with Gasteiger partial charge in [-0.2, -0.15) is 5.75 Å². The number of rotatable bonds is 2. The van der Waals surface area contributed by atoms with Crippen LogP contribution in [0, 0.1) is 0 Å². The summed E-state index contributed by atoms with van der Waals surface area (Å²) >= 11 is 4.31. The van der Waals surface area contributed by atoms with Gasteiger partial charge in [0.15, 0.2) is 0 Å². The Morgan fingerprint density at radius 3 is 2.11 bits per heavy atom. The number of carbonyl (C=O) groups is 1. The van der Waals surface area contributed by atoms with E-state index in [-0.39, 0.29) is 37.6 Å². The van der Waals surface area contributed by atoms with Crippen molar-refractivity contribution in [1.29, 1.82) is 0 Å². The zero-order valence-corrected chi connectivity index (χ0v) is 9.30. The van der Waals surface area contributed by atoms with E-state index in [2.05, 4.69) is 12.6 Å². The van der Waals surface area contributed by atoms with Crippen LogP contribution in [0.2, 0.25) is 0 Å². The standard InChI is InChI=1S/C3H7NO2S.ClH.Zn/c4-2(1-7)3(5)6;;/h2,7H,1,4H2,(H,5,6);1H;/q;;+2/p-2/t2-;;/m0../s1. The van der Waals surface area contributed by atoms with Gasteiger partial charge in [0.2, 0.25) is 0 Å². The second kappa shape index (κ2) is 8.69. The third-order valence-electron chi connectivity index (χ3n) is 0.482. The fourth-order valence-electron chi connectivity index (χ4n) is 0.0680. The van der Waals surface area contributed by atoms with Gasteiger partial charge in [0, 0.05) is 6.04 Å². The SMILES string of the molecule is Cl.N[C@@H](C[S-])C(=O)[O-].[Zn+2]. The summed E-state index contributed by atoms with van der Waals surface area (Å²) in [5, 5.41) is 9.63. The Morgan fingerprint density at radius 1 is 1.78 bits per heavy atom. The minimum Gasteiger partial charge on any atom is -0.791 e. The summed E-state index contributed by atoms with van der Waals surface area (Å²) < 4.78 is 0. The molecular weight excluding hydrogens is 215 g/mol. The van der Waals surface area contributed by atoms with E-state index in [9.17, 15) is 9.90 Å². The minimum absolute atomic E-state index is 0. The van der Waals surface area contributed by atoms with Crippen molar-refractivity contribution in [2.75, 3.05) is 5.75 Å². The predicted octanol–water partition coefficient (Wildman–Crippen LogP) is -1.97. The molecule has 0 aromatic heterocycles. The second-order valence-electron chi connectivity index (χ2n) is 1.09. The van der Waals surface area contributed by atoms with Crippen LogP contribution in [-0.2, 0) is 36.9 Å². The van der Waals surface area contributed by atoms with Gasteiger partial charge in [-0.15, -0.1) is 12.4 Å². The number of carbonyl (C=O) groups excluding carboxylic acids is 1. The maximum atomic E-state index is 9.63. The first-order valence-corrected chi connectivity index (χ1v) is 2.30. The minimum atomic E-state index is -1.28. The van der Waals surface area contributed by atoms with E-state index in [1.807, 2.05) is 0 Å². The maximum Gasteiger partial charge on any atom is 2.00 e. The van der Waals surface area contributed by atoms with Gasteiger partial charge < -0.3 is 28.3 Å². The van der Waals surface area contributed by atoms with Gasteiger partial charge in [0.05, 0.1) is 5.97 Å². The Balaban J connectivity index is -0.000000180. The summed E-state index contributed by atoms with van der Waals surface area (Å²) in [6, 6.07) is -0.977. The maximum absolute atomic E-state index is 9.63. The van der Waals surface area contributed by atoms with Crippen molar-refractivity contribution in [2.45, 2.75) is 6.04 Å². The Morgan fingerprint density at radius 2 is 2.11 bits per heavy atom. The molecule has 0 saturated carbocycles. The number of halogens is 1. The van der Waals surface area contributed by atoms with Crippen LogP contribution >= 0.6 is 12.4 Å². The van der Waals surface area contributed by atoms with Gasteiger partial charge in [-0.25, -0.2) is 0 Å². The molecule has 0 rings (SSSR count). The summed E-state index contributed by atoms with van der Waals surface area (Å²) in [4.78, 5) is 9.63. The molecule has 0 fully saturated rings. The van der Waals surface area contributed by atoms with Crippen molar-refractivity contribution < 1.29 is 29.4 Å². The molecule has 1 atom stereocenters. The summed E-state index contributed by atoms with van der Waals surface area (Å²) in [7, 11) is 0. The molecule has 0 aliphatic carbocycles. The van der Waals surface area contributed by atoms with E-state index in [1.165, 1.54) is 0 Å². The quantitative estimate of drug-likeness (QED) is 0.434. The molecule has 0 amide bonds. The molecule has 0 aliphatic rings. The van der Waals surface area contributed by atoms with Crippen molar-refractivity contribution in [3.63, 3.8) is 0 Å². The first-order chi connectivity index (χ1) is 3.18. The molecule has 0 aromatic rings. The molecule has 0 radical (unpaired) electrons. The van der Waals surface area contributed by atoms with Crippen molar-refractivity contribution >= 4 is 31.0 Å². The van der Waals surface area contributed by atoms with Crippen LogP contribution in [0.4, 0.5) is 0 Å². The van der Waals surface area contributed by atoms with Crippen LogP contribution in [0.1, 0.15) is 0 Å². The van der Waals surface area contributed by atoms with Gasteiger partial charge in [-0.1, -0.05) is 0 Å². The monoisotopic (exact) mass is 219 g/mol. The Hall–Kier alpha value is 0.693. The van der Waals surface area contributed by atoms with Crippen LogP contribution in [0.25, 0.3) is 0 Å². The van der Waals surface area contributed by atoms with Gasteiger partial charge in [-0.05, 0) is 0 Å². The zero-order valence-electron chi connectivity index (χ0n) is 4.70. The molecule has 0 spiro atoms. The average Bonchev–Trinajstić information content (AvgIpc) is 1.65. The van der Waals surface area contributed by atoms with Crippen LogP contribution < -0.4 is 10.8 Å². The summed E-state index contributed by atoms with van der Waals surface area (Å²) in [6.45, 7) is 0.